The summed E-state index contributed by atoms with van der Waals surface area (Å²) >= 11 is 6.78. The van der Waals surface area contributed by atoms with Gasteiger partial charge in [-0.1, -0.05) is 17.8 Å². The van der Waals surface area contributed by atoms with Crippen LogP contribution in [0.25, 0.3) is 5.69 Å². The van der Waals surface area contributed by atoms with E-state index in [4.69, 9.17) is 40.3 Å². The van der Waals surface area contributed by atoms with Crippen LogP contribution in [-0.4, -0.2) is 62.7 Å². The molecule has 7 nitrogen and oxygen atoms in total. The molecule has 0 fully saturated rings. The van der Waals surface area contributed by atoms with Gasteiger partial charge in [0, 0.05) is 40.4 Å². The number of rotatable bonds is 16. The minimum Gasteiger partial charge on any atom is -0.493 e. The van der Waals surface area contributed by atoms with E-state index in [0.29, 0.717) is 48.0 Å². The second-order valence-electron chi connectivity index (χ2n) is 11.2. The fourth-order valence-electron chi connectivity index (χ4n) is 5.83. The Morgan fingerprint density at radius 3 is 2.23 bits per heavy atom. The van der Waals surface area contributed by atoms with Crippen LogP contribution in [0.4, 0.5) is 13.2 Å². The van der Waals surface area contributed by atoms with Crippen molar-refractivity contribution in [1.82, 2.24) is 9.55 Å². The van der Waals surface area contributed by atoms with E-state index in [1.54, 1.807) is 26.4 Å². The molecule has 1 atom stereocenters. The van der Waals surface area contributed by atoms with Gasteiger partial charge in [-0.2, -0.15) is 0 Å². The van der Waals surface area contributed by atoms with Gasteiger partial charge in [0.25, 0.3) is 0 Å². The molecule has 5 rings (SSSR count). The lowest BCUT2D eigenvalue weighted by Gasteiger charge is -2.36. The van der Waals surface area contributed by atoms with Gasteiger partial charge in [0.2, 0.25) is 0 Å². The predicted octanol–water partition coefficient (Wildman–Crippen LogP) is 7.89. The van der Waals surface area contributed by atoms with Gasteiger partial charge < -0.3 is 23.7 Å². The predicted molar refractivity (Wildman–Crippen MR) is 176 cm³/mol. The van der Waals surface area contributed by atoms with Crippen molar-refractivity contribution in [3.05, 3.63) is 94.6 Å². The molecule has 1 unspecified atom stereocenters. The van der Waals surface area contributed by atoms with Crippen LogP contribution in [0.5, 0.6) is 17.2 Å². The summed E-state index contributed by atoms with van der Waals surface area (Å²) in [4.78, 5) is 5.00. The lowest BCUT2D eigenvalue weighted by molar-refractivity contribution is 0.0409. The summed E-state index contributed by atoms with van der Waals surface area (Å²) in [7, 11) is 3.19. The van der Waals surface area contributed by atoms with Crippen LogP contribution < -0.4 is 14.2 Å². The van der Waals surface area contributed by atoms with Gasteiger partial charge in [0.1, 0.15) is 29.8 Å². The number of aromatic nitrogens is 2. The van der Waals surface area contributed by atoms with Gasteiger partial charge in [-0.25, -0.2) is 18.2 Å². The highest BCUT2D eigenvalue weighted by Gasteiger charge is 2.40. The molecule has 0 radical (unpaired) electrons. The number of halogens is 4. The molecule has 252 valence electrons. The van der Waals surface area contributed by atoms with Crippen molar-refractivity contribution in [2.24, 2.45) is 0 Å². The van der Waals surface area contributed by atoms with Crippen LogP contribution in [0.3, 0.4) is 0 Å². The third kappa shape index (κ3) is 8.02. The molecule has 1 aliphatic rings. The number of aryl methyl sites for hydroxylation is 1. The first-order chi connectivity index (χ1) is 22.8. The highest BCUT2D eigenvalue weighted by Crippen LogP contribution is 2.47. The first kappa shape index (κ1) is 34.9. The summed E-state index contributed by atoms with van der Waals surface area (Å²) in [6, 6.07) is 14.4. The van der Waals surface area contributed by atoms with E-state index >= 15 is 8.78 Å². The highest BCUT2D eigenvalue weighted by molar-refractivity contribution is 7.98. The molecule has 3 aromatic carbocycles. The molecular weight excluding hydrogens is 653 g/mol. The quantitative estimate of drug-likeness (QED) is 0.0673. The Balaban J connectivity index is 1.40. The standard InChI is InChI=1S/C35H38ClF3N2O5S/c1-35(23-6-11-31(42-2)32(19-23)43-3)12-4-5-30-33(35)41(25-9-7-24(37)8-10-25)34(40-30)47-22-27-28(38)20-26(21-29(27)39)46-18-17-45-16-15-44-14-13-36/h6-11,19-21H,4-5,12-18,22H2,1-3H3. The van der Waals surface area contributed by atoms with Crippen molar-refractivity contribution in [1.29, 1.82) is 0 Å². The van der Waals surface area contributed by atoms with E-state index < -0.39 is 17.0 Å². The van der Waals surface area contributed by atoms with Crippen molar-refractivity contribution in [2.75, 3.05) is 53.1 Å². The number of benzene rings is 3. The number of nitrogens with zero attached hydrogens (tertiary/aromatic N) is 2. The third-order valence-electron chi connectivity index (χ3n) is 8.19. The lowest BCUT2D eigenvalue weighted by atomic mass is 9.71. The molecular formula is C35H38ClF3N2O5S. The molecule has 1 aromatic heterocycles. The van der Waals surface area contributed by atoms with Crippen molar-refractivity contribution < 1.29 is 36.9 Å². The zero-order valence-corrected chi connectivity index (χ0v) is 28.2. The van der Waals surface area contributed by atoms with Crippen molar-refractivity contribution in [3.8, 4) is 22.9 Å². The molecule has 1 aliphatic carbocycles. The summed E-state index contributed by atoms with van der Waals surface area (Å²) in [5, 5.41) is 0.557. The highest BCUT2D eigenvalue weighted by atomic mass is 35.5. The summed E-state index contributed by atoms with van der Waals surface area (Å²) < 4.78 is 73.8. The summed E-state index contributed by atoms with van der Waals surface area (Å²) in [6.45, 7) is 3.73. The van der Waals surface area contributed by atoms with Crippen LogP contribution in [0, 0.1) is 17.5 Å². The molecule has 1 heterocycles. The van der Waals surface area contributed by atoms with Crippen LogP contribution in [0.1, 0.15) is 42.3 Å². The van der Waals surface area contributed by atoms with Gasteiger partial charge in [-0.3, -0.25) is 4.57 Å². The van der Waals surface area contributed by atoms with Crippen molar-refractivity contribution in [3.63, 3.8) is 0 Å². The number of ether oxygens (including phenoxy) is 5. The smallest absolute Gasteiger partial charge is 0.173 e. The average molecular weight is 691 g/mol. The first-order valence-corrected chi connectivity index (χ1v) is 16.9. The maximum absolute atomic E-state index is 15.3. The lowest BCUT2D eigenvalue weighted by Crippen LogP contribution is -2.31. The number of imidazole rings is 1. The minimum atomic E-state index is -0.720. The topological polar surface area (TPSA) is 64.0 Å². The van der Waals surface area contributed by atoms with Crippen LogP contribution in [0.15, 0.2) is 59.8 Å². The van der Waals surface area contributed by atoms with Crippen molar-refractivity contribution >= 4 is 23.4 Å². The van der Waals surface area contributed by atoms with Gasteiger partial charge >= 0.3 is 0 Å². The molecule has 0 bridgehead atoms. The fraction of sp³-hybridized carbons (Fsp3) is 0.400. The van der Waals surface area contributed by atoms with Gasteiger partial charge in [-0.15, -0.1) is 11.6 Å². The Morgan fingerprint density at radius 1 is 0.872 bits per heavy atom. The Morgan fingerprint density at radius 2 is 1.55 bits per heavy atom. The second kappa shape index (κ2) is 16.1. The Bertz CT molecular complexity index is 1630. The SMILES string of the molecule is COc1ccc(C2(C)CCCc3nc(SCc4c(F)cc(OCCOCCOCCCl)cc4F)n(-c4ccc(F)cc4)c32)cc1OC. The summed E-state index contributed by atoms with van der Waals surface area (Å²) in [5.74, 6) is -0.109. The minimum absolute atomic E-state index is 0.0203. The summed E-state index contributed by atoms with van der Waals surface area (Å²) in [5.41, 5.74) is 2.95. The van der Waals surface area contributed by atoms with E-state index in [1.807, 2.05) is 22.8 Å². The number of fused-ring (bicyclic) bond motifs is 1. The molecule has 0 saturated carbocycles. The Kier molecular flexibility index (Phi) is 12.0. The monoisotopic (exact) mass is 690 g/mol. The zero-order chi connectivity index (χ0) is 33.4. The zero-order valence-electron chi connectivity index (χ0n) is 26.6. The molecule has 4 aromatic rings. The molecule has 0 saturated heterocycles. The first-order valence-electron chi connectivity index (χ1n) is 15.3. The average Bonchev–Trinajstić information content (AvgIpc) is 3.45. The maximum Gasteiger partial charge on any atom is 0.173 e. The second-order valence-corrected chi connectivity index (χ2v) is 12.5. The van der Waals surface area contributed by atoms with E-state index in [-0.39, 0.29) is 36.1 Å². The van der Waals surface area contributed by atoms with Gasteiger partial charge in [0.05, 0.1) is 52.0 Å². The van der Waals surface area contributed by atoms with E-state index in [9.17, 15) is 4.39 Å². The fourth-order valence-corrected chi connectivity index (χ4v) is 6.99. The summed E-state index contributed by atoms with van der Waals surface area (Å²) in [6.07, 6.45) is 2.45. The molecule has 0 N–H and O–H groups in total. The molecule has 0 amide bonds. The molecule has 0 spiro atoms. The van der Waals surface area contributed by atoms with Crippen LogP contribution >= 0.6 is 23.4 Å². The number of hydrogen-bond acceptors (Lipinski definition) is 7. The Hall–Kier alpha value is -3.38. The number of hydrogen-bond donors (Lipinski definition) is 0. The molecule has 12 heteroatoms. The third-order valence-corrected chi connectivity index (χ3v) is 9.31. The van der Waals surface area contributed by atoms with E-state index in [0.717, 1.165) is 36.2 Å². The number of methoxy groups -OCH3 is 2. The maximum atomic E-state index is 15.3. The van der Waals surface area contributed by atoms with Gasteiger partial charge in [0.15, 0.2) is 16.7 Å². The number of alkyl halides is 1. The Labute approximate surface area is 282 Å². The number of thioether (sulfide) groups is 1. The molecule has 47 heavy (non-hydrogen) atoms. The van der Waals surface area contributed by atoms with Crippen LogP contribution in [0.2, 0.25) is 0 Å². The van der Waals surface area contributed by atoms with Gasteiger partial charge in [-0.05, 0) is 68.1 Å². The van der Waals surface area contributed by atoms with E-state index in [1.165, 1.54) is 36.0 Å². The van der Waals surface area contributed by atoms with Crippen LogP contribution in [-0.2, 0) is 27.1 Å². The largest absolute Gasteiger partial charge is 0.493 e. The van der Waals surface area contributed by atoms with E-state index in [2.05, 4.69) is 6.92 Å². The molecule has 0 aliphatic heterocycles. The van der Waals surface area contributed by atoms with Crippen molar-refractivity contribution in [2.45, 2.75) is 42.5 Å². The normalized spacial score (nSPS) is 15.8.